The van der Waals surface area contributed by atoms with Crippen LogP contribution in [0.5, 0.6) is 5.75 Å². The number of hydrogen-bond donors (Lipinski definition) is 1. The molecule has 0 aliphatic heterocycles. The van der Waals surface area contributed by atoms with E-state index in [2.05, 4.69) is 11.4 Å². The Labute approximate surface area is 156 Å². The molecular weight excluding hydrogens is 346 g/mol. The molecule has 130 valence electrons. The highest BCUT2D eigenvalue weighted by molar-refractivity contribution is 7.16. The van der Waals surface area contributed by atoms with E-state index < -0.39 is 5.91 Å². The molecule has 0 radical (unpaired) electrons. The van der Waals surface area contributed by atoms with E-state index in [9.17, 15) is 15.3 Å². The van der Waals surface area contributed by atoms with E-state index in [0.717, 1.165) is 36.1 Å². The van der Waals surface area contributed by atoms with Crippen molar-refractivity contribution in [3.05, 3.63) is 51.4 Å². The normalized spacial score (nSPS) is 13.3. The minimum atomic E-state index is -0.520. The monoisotopic (exact) mass is 363 g/mol. The number of nitrogens with one attached hydrogen (secondary N) is 1. The lowest BCUT2D eigenvalue weighted by Crippen LogP contribution is -2.13. The van der Waals surface area contributed by atoms with Crippen molar-refractivity contribution in [2.45, 2.75) is 25.7 Å². The molecule has 1 amide bonds. The number of aryl methyl sites for hydroxylation is 1. The molecule has 0 atom stereocenters. The van der Waals surface area contributed by atoms with E-state index in [4.69, 9.17) is 4.74 Å². The summed E-state index contributed by atoms with van der Waals surface area (Å²) < 4.78 is 5.25. The zero-order valence-corrected chi connectivity index (χ0v) is 15.2. The van der Waals surface area contributed by atoms with Crippen LogP contribution in [0.2, 0.25) is 0 Å². The Morgan fingerprint density at radius 2 is 2.04 bits per heavy atom. The maximum Gasteiger partial charge on any atom is 0.266 e. The number of hydrogen-bond acceptors (Lipinski definition) is 5. The second-order valence-electron chi connectivity index (χ2n) is 5.89. The fourth-order valence-electron chi connectivity index (χ4n) is 3.03. The molecule has 1 N–H and O–H groups in total. The van der Waals surface area contributed by atoms with Gasteiger partial charge in [0.15, 0.2) is 0 Å². The van der Waals surface area contributed by atoms with Gasteiger partial charge in [0.2, 0.25) is 0 Å². The average molecular weight is 363 g/mol. The lowest BCUT2D eigenvalue weighted by Gasteiger charge is -2.09. The standard InChI is InChI=1S/C20H17N3O2S/c1-25-17-8-4-2-6-13(17)10-14(11-21)19(24)23-20-16(12-22)15-7-3-5-9-18(15)26-20/h2,4,6,8,10H,3,5,7,9H2,1H3,(H,23,24)/b14-10+. The van der Waals surface area contributed by atoms with Crippen LogP contribution in [0.15, 0.2) is 29.8 Å². The molecule has 0 saturated heterocycles. The van der Waals surface area contributed by atoms with Crippen molar-refractivity contribution in [1.29, 1.82) is 10.5 Å². The van der Waals surface area contributed by atoms with Gasteiger partial charge in [0.1, 0.15) is 28.5 Å². The molecule has 1 heterocycles. The number of para-hydroxylation sites is 1. The summed E-state index contributed by atoms with van der Waals surface area (Å²) in [5, 5.41) is 22.2. The van der Waals surface area contributed by atoms with Crippen LogP contribution in [0, 0.1) is 22.7 Å². The molecule has 1 aromatic carbocycles. The topological polar surface area (TPSA) is 85.9 Å². The minimum absolute atomic E-state index is 0.0373. The summed E-state index contributed by atoms with van der Waals surface area (Å²) in [4.78, 5) is 13.7. The van der Waals surface area contributed by atoms with E-state index in [1.165, 1.54) is 24.5 Å². The Balaban J connectivity index is 1.90. The minimum Gasteiger partial charge on any atom is -0.496 e. The summed E-state index contributed by atoms with van der Waals surface area (Å²) >= 11 is 1.44. The molecule has 0 saturated carbocycles. The van der Waals surface area contributed by atoms with Crippen LogP contribution in [0.4, 0.5) is 5.00 Å². The number of rotatable bonds is 4. The fourth-order valence-corrected chi connectivity index (χ4v) is 4.27. The average Bonchev–Trinajstić information content (AvgIpc) is 3.03. The van der Waals surface area contributed by atoms with Gasteiger partial charge < -0.3 is 10.1 Å². The molecule has 1 aliphatic rings. The fraction of sp³-hybridized carbons (Fsp3) is 0.250. The van der Waals surface area contributed by atoms with Crippen molar-refractivity contribution in [3.63, 3.8) is 0 Å². The maximum atomic E-state index is 12.6. The van der Waals surface area contributed by atoms with Crippen LogP contribution in [0.25, 0.3) is 6.08 Å². The van der Waals surface area contributed by atoms with Crippen molar-refractivity contribution in [2.75, 3.05) is 12.4 Å². The molecule has 0 fully saturated rings. The van der Waals surface area contributed by atoms with Gasteiger partial charge in [-0.3, -0.25) is 4.79 Å². The lowest BCUT2D eigenvalue weighted by molar-refractivity contribution is -0.112. The molecule has 2 aromatic rings. The van der Waals surface area contributed by atoms with E-state index in [-0.39, 0.29) is 5.57 Å². The number of methoxy groups -OCH3 is 1. The highest BCUT2D eigenvalue weighted by Crippen LogP contribution is 2.37. The van der Waals surface area contributed by atoms with Gasteiger partial charge in [-0.2, -0.15) is 10.5 Å². The number of fused-ring (bicyclic) bond motifs is 1. The molecule has 1 aliphatic carbocycles. The SMILES string of the molecule is COc1ccccc1/C=C(\C#N)C(=O)Nc1sc2c(c1C#N)CCCC2. The summed E-state index contributed by atoms with van der Waals surface area (Å²) in [6.45, 7) is 0. The summed E-state index contributed by atoms with van der Waals surface area (Å²) in [7, 11) is 1.54. The van der Waals surface area contributed by atoms with Gasteiger partial charge in [0.05, 0.1) is 12.7 Å². The predicted molar refractivity (Wildman–Crippen MR) is 101 cm³/mol. The number of carbonyl (C=O) groups excluding carboxylic acids is 1. The Kier molecular flexibility index (Phi) is 5.36. The summed E-state index contributed by atoms with van der Waals surface area (Å²) in [6.07, 6.45) is 5.46. The molecule has 0 spiro atoms. The lowest BCUT2D eigenvalue weighted by atomic mass is 9.96. The Morgan fingerprint density at radius 3 is 2.77 bits per heavy atom. The Hall–Kier alpha value is -3.09. The summed E-state index contributed by atoms with van der Waals surface area (Å²) in [5.74, 6) is 0.0610. The third-order valence-corrected chi connectivity index (χ3v) is 5.52. The zero-order chi connectivity index (χ0) is 18.5. The molecule has 0 unspecified atom stereocenters. The molecule has 26 heavy (non-hydrogen) atoms. The first-order valence-electron chi connectivity index (χ1n) is 8.28. The largest absolute Gasteiger partial charge is 0.496 e. The van der Waals surface area contributed by atoms with Gasteiger partial charge in [-0.15, -0.1) is 11.3 Å². The van der Waals surface area contributed by atoms with E-state index >= 15 is 0 Å². The van der Waals surface area contributed by atoms with Crippen molar-refractivity contribution in [1.82, 2.24) is 0 Å². The first-order chi connectivity index (χ1) is 12.7. The van der Waals surface area contributed by atoms with Crippen LogP contribution in [0.3, 0.4) is 0 Å². The third-order valence-electron chi connectivity index (χ3n) is 4.31. The number of ether oxygens (including phenoxy) is 1. The number of nitrogens with zero attached hydrogens (tertiary/aromatic N) is 2. The molecule has 5 nitrogen and oxygen atoms in total. The van der Waals surface area contributed by atoms with Crippen molar-refractivity contribution in [2.24, 2.45) is 0 Å². The van der Waals surface area contributed by atoms with Gasteiger partial charge in [-0.05, 0) is 43.4 Å². The van der Waals surface area contributed by atoms with Crippen LogP contribution < -0.4 is 10.1 Å². The van der Waals surface area contributed by atoms with E-state index in [1.54, 1.807) is 12.1 Å². The van der Waals surface area contributed by atoms with Gasteiger partial charge in [-0.25, -0.2) is 0 Å². The van der Waals surface area contributed by atoms with Crippen LogP contribution in [-0.4, -0.2) is 13.0 Å². The Bertz CT molecular complexity index is 960. The first-order valence-corrected chi connectivity index (χ1v) is 9.10. The summed E-state index contributed by atoms with van der Waals surface area (Å²) in [5.41, 5.74) is 2.19. The van der Waals surface area contributed by atoms with Gasteiger partial charge in [0, 0.05) is 10.4 Å². The molecule has 3 rings (SSSR count). The molecule has 0 bridgehead atoms. The van der Waals surface area contributed by atoms with Crippen LogP contribution >= 0.6 is 11.3 Å². The molecule has 6 heteroatoms. The third kappa shape index (κ3) is 3.46. The number of nitriles is 2. The second-order valence-corrected chi connectivity index (χ2v) is 7.00. The number of anilines is 1. The van der Waals surface area contributed by atoms with Gasteiger partial charge >= 0.3 is 0 Å². The van der Waals surface area contributed by atoms with Crippen molar-refractivity contribution < 1.29 is 9.53 Å². The van der Waals surface area contributed by atoms with Gasteiger partial charge in [-0.1, -0.05) is 18.2 Å². The summed E-state index contributed by atoms with van der Waals surface area (Å²) in [6, 6.07) is 11.3. The highest BCUT2D eigenvalue weighted by Gasteiger charge is 2.22. The van der Waals surface area contributed by atoms with Gasteiger partial charge in [0.25, 0.3) is 5.91 Å². The number of thiophene rings is 1. The number of amides is 1. The molecule has 1 aromatic heterocycles. The molecular formula is C20H17N3O2S. The van der Waals surface area contributed by atoms with Crippen molar-refractivity contribution in [3.8, 4) is 17.9 Å². The second kappa shape index (κ2) is 7.86. The predicted octanol–water partition coefficient (Wildman–Crippen LogP) is 4.05. The first kappa shape index (κ1) is 17.7. The number of benzene rings is 1. The van der Waals surface area contributed by atoms with Crippen molar-refractivity contribution >= 4 is 28.3 Å². The maximum absolute atomic E-state index is 12.6. The van der Waals surface area contributed by atoms with E-state index in [1.807, 2.05) is 18.2 Å². The van der Waals surface area contributed by atoms with Crippen LogP contribution in [0.1, 0.15) is 34.4 Å². The smallest absolute Gasteiger partial charge is 0.266 e. The van der Waals surface area contributed by atoms with E-state index in [0.29, 0.717) is 21.9 Å². The highest BCUT2D eigenvalue weighted by atomic mass is 32.1. The quantitative estimate of drug-likeness (QED) is 0.656. The Morgan fingerprint density at radius 1 is 1.27 bits per heavy atom. The van der Waals surface area contributed by atoms with Crippen LogP contribution in [-0.2, 0) is 17.6 Å². The number of carbonyl (C=O) groups is 1. The zero-order valence-electron chi connectivity index (χ0n) is 14.3.